The molecule has 1 heterocycles. The van der Waals surface area contributed by atoms with Crippen molar-refractivity contribution < 1.29 is 14.6 Å². The zero-order valence-corrected chi connectivity index (χ0v) is 13.0. The van der Waals surface area contributed by atoms with E-state index >= 15 is 0 Å². The number of rotatable bonds is 4. The molecule has 0 bridgehead atoms. The Labute approximate surface area is 125 Å². The van der Waals surface area contributed by atoms with E-state index in [0.717, 1.165) is 31.5 Å². The fourth-order valence-corrected chi connectivity index (χ4v) is 3.08. The van der Waals surface area contributed by atoms with Gasteiger partial charge in [-0.3, -0.25) is 0 Å². The first-order valence-electron chi connectivity index (χ1n) is 6.82. The molecule has 2 unspecified atom stereocenters. The summed E-state index contributed by atoms with van der Waals surface area (Å²) in [6.07, 6.45) is 1.28. The van der Waals surface area contributed by atoms with Gasteiger partial charge in [0.2, 0.25) is 0 Å². The first-order chi connectivity index (χ1) is 9.56. The van der Waals surface area contributed by atoms with Crippen molar-refractivity contribution in [2.24, 2.45) is 5.92 Å². The van der Waals surface area contributed by atoms with E-state index in [0.29, 0.717) is 16.5 Å². The van der Waals surface area contributed by atoms with Gasteiger partial charge in [0, 0.05) is 19.0 Å². The fraction of sp³-hybridized carbons (Fsp3) is 0.600. The monoisotopic (exact) mass is 299 g/mol. The van der Waals surface area contributed by atoms with Crippen molar-refractivity contribution in [2.45, 2.75) is 18.9 Å². The number of hydrogen-bond donors (Lipinski definition) is 1. The zero-order valence-electron chi connectivity index (χ0n) is 12.2. The summed E-state index contributed by atoms with van der Waals surface area (Å²) in [6, 6.07) is 3.81. The predicted molar refractivity (Wildman–Crippen MR) is 79.9 cm³/mol. The number of halogens is 1. The van der Waals surface area contributed by atoms with E-state index in [4.69, 9.17) is 21.1 Å². The molecule has 1 saturated heterocycles. The summed E-state index contributed by atoms with van der Waals surface area (Å²) < 4.78 is 10.5. The molecule has 1 aromatic carbocycles. The number of piperidine rings is 1. The molecule has 1 fully saturated rings. The van der Waals surface area contributed by atoms with Crippen LogP contribution in [-0.2, 0) is 6.42 Å². The summed E-state index contributed by atoms with van der Waals surface area (Å²) in [5, 5.41) is 10.7. The molecule has 112 valence electrons. The largest absolute Gasteiger partial charge is 0.493 e. The highest BCUT2D eigenvalue weighted by Crippen LogP contribution is 2.38. The second-order valence-corrected chi connectivity index (χ2v) is 5.73. The molecule has 0 aromatic heterocycles. The number of hydrogen-bond acceptors (Lipinski definition) is 4. The Morgan fingerprint density at radius 1 is 1.35 bits per heavy atom. The van der Waals surface area contributed by atoms with Crippen molar-refractivity contribution in [3.05, 3.63) is 22.7 Å². The molecule has 0 saturated carbocycles. The Hall–Kier alpha value is -0.970. The summed E-state index contributed by atoms with van der Waals surface area (Å²) in [4.78, 5) is 2.24. The number of ether oxygens (including phenoxy) is 2. The van der Waals surface area contributed by atoms with E-state index in [-0.39, 0.29) is 12.0 Å². The Bertz CT molecular complexity index is 467. The second-order valence-electron chi connectivity index (χ2n) is 5.36. The number of benzene rings is 1. The van der Waals surface area contributed by atoms with Crippen LogP contribution in [0.25, 0.3) is 0 Å². The van der Waals surface area contributed by atoms with E-state index in [1.165, 1.54) is 0 Å². The molecule has 0 spiro atoms. The highest BCUT2D eigenvalue weighted by atomic mass is 35.5. The van der Waals surface area contributed by atoms with Crippen molar-refractivity contribution >= 4 is 11.6 Å². The van der Waals surface area contributed by atoms with Crippen LogP contribution in [-0.4, -0.2) is 50.5 Å². The van der Waals surface area contributed by atoms with Gasteiger partial charge in [-0.1, -0.05) is 17.7 Å². The number of aliphatic hydroxyl groups excluding tert-OH is 1. The molecule has 20 heavy (non-hydrogen) atoms. The van der Waals surface area contributed by atoms with Crippen LogP contribution in [0.5, 0.6) is 11.5 Å². The molecule has 1 aliphatic heterocycles. The van der Waals surface area contributed by atoms with Crippen LogP contribution in [0.15, 0.2) is 12.1 Å². The summed E-state index contributed by atoms with van der Waals surface area (Å²) >= 11 is 6.40. The predicted octanol–water partition coefficient (Wildman–Crippen LogP) is 2.21. The average Bonchev–Trinajstić information content (AvgIpc) is 2.44. The van der Waals surface area contributed by atoms with Gasteiger partial charge in [-0.2, -0.15) is 0 Å². The van der Waals surface area contributed by atoms with Gasteiger partial charge >= 0.3 is 0 Å². The standard InChI is InChI=1S/C15H22ClNO3/c1-17-7-6-12(18)11(9-17)8-10-4-5-13(19-2)15(20-3)14(10)16/h4-5,11-12,18H,6-9H2,1-3H3. The van der Waals surface area contributed by atoms with Crippen LogP contribution in [0.4, 0.5) is 0 Å². The normalized spacial score (nSPS) is 23.6. The lowest BCUT2D eigenvalue weighted by atomic mass is 9.89. The summed E-state index contributed by atoms with van der Waals surface area (Å²) in [7, 11) is 5.25. The van der Waals surface area contributed by atoms with E-state index in [2.05, 4.69) is 11.9 Å². The van der Waals surface area contributed by atoms with Crippen LogP contribution >= 0.6 is 11.6 Å². The summed E-state index contributed by atoms with van der Waals surface area (Å²) in [5.41, 5.74) is 0.990. The Morgan fingerprint density at radius 3 is 2.75 bits per heavy atom. The van der Waals surface area contributed by atoms with Crippen molar-refractivity contribution in [2.75, 3.05) is 34.4 Å². The Morgan fingerprint density at radius 2 is 2.10 bits per heavy atom. The minimum Gasteiger partial charge on any atom is -0.493 e. The molecule has 5 heteroatoms. The smallest absolute Gasteiger partial charge is 0.179 e. The zero-order chi connectivity index (χ0) is 14.7. The first-order valence-corrected chi connectivity index (χ1v) is 7.20. The number of aliphatic hydroxyl groups is 1. The maximum Gasteiger partial charge on any atom is 0.179 e. The highest BCUT2D eigenvalue weighted by Gasteiger charge is 2.27. The third-order valence-corrected chi connectivity index (χ3v) is 4.36. The number of nitrogens with zero attached hydrogens (tertiary/aromatic N) is 1. The highest BCUT2D eigenvalue weighted by molar-refractivity contribution is 6.33. The molecule has 0 amide bonds. The Kier molecular flexibility index (Phi) is 5.13. The number of likely N-dealkylation sites (tertiary alicyclic amines) is 1. The lowest BCUT2D eigenvalue weighted by molar-refractivity contribution is 0.0366. The molecule has 4 nitrogen and oxygen atoms in total. The van der Waals surface area contributed by atoms with Gasteiger partial charge in [-0.05, 0) is 31.5 Å². The molecular weight excluding hydrogens is 278 g/mol. The lowest BCUT2D eigenvalue weighted by Gasteiger charge is -2.34. The van der Waals surface area contributed by atoms with Crippen molar-refractivity contribution in [3.63, 3.8) is 0 Å². The quantitative estimate of drug-likeness (QED) is 0.925. The van der Waals surface area contributed by atoms with Gasteiger partial charge in [-0.15, -0.1) is 0 Å². The summed E-state index contributed by atoms with van der Waals surface area (Å²) in [6.45, 7) is 1.82. The van der Waals surface area contributed by atoms with E-state index in [9.17, 15) is 5.11 Å². The summed E-state index contributed by atoms with van der Waals surface area (Å²) in [5.74, 6) is 1.39. The SMILES string of the molecule is COc1ccc(CC2CN(C)CCC2O)c(Cl)c1OC. The van der Waals surface area contributed by atoms with E-state index in [1.807, 2.05) is 12.1 Å². The lowest BCUT2D eigenvalue weighted by Crippen LogP contribution is -2.42. The van der Waals surface area contributed by atoms with Crippen LogP contribution < -0.4 is 9.47 Å². The average molecular weight is 300 g/mol. The fourth-order valence-electron chi connectivity index (χ4n) is 2.77. The van der Waals surface area contributed by atoms with Gasteiger partial charge < -0.3 is 19.5 Å². The van der Waals surface area contributed by atoms with Gasteiger partial charge in [0.15, 0.2) is 11.5 Å². The van der Waals surface area contributed by atoms with Crippen LogP contribution in [0, 0.1) is 5.92 Å². The van der Waals surface area contributed by atoms with Crippen molar-refractivity contribution in [3.8, 4) is 11.5 Å². The molecule has 2 rings (SSSR count). The molecule has 1 N–H and O–H groups in total. The van der Waals surface area contributed by atoms with Crippen molar-refractivity contribution in [1.82, 2.24) is 4.90 Å². The third-order valence-electron chi connectivity index (χ3n) is 3.94. The number of methoxy groups -OCH3 is 2. The maximum atomic E-state index is 10.1. The van der Waals surface area contributed by atoms with E-state index in [1.54, 1.807) is 14.2 Å². The molecular formula is C15H22ClNO3. The van der Waals surface area contributed by atoms with Crippen LogP contribution in [0.1, 0.15) is 12.0 Å². The van der Waals surface area contributed by atoms with Gasteiger partial charge in [-0.25, -0.2) is 0 Å². The molecule has 1 aromatic rings. The molecule has 1 aliphatic rings. The van der Waals surface area contributed by atoms with Gasteiger partial charge in [0.25, 0.3) is 0 Å². The van der Waals surface area contributed by atoms with Gasteiger partial charge in [0.1, 0.15) is 0 Å². The Balaban J connectivity index is 2.20. The van der Waals surface area contributed by atoms with Gasteiger partial charge in [0.05, 0.1) is 25.3 Å². The topological polar surface area (TPSA) is 41.9 Å². The van der Waals surface area contributed by atoms with Crippen LogP contribution in [0.3, 0.4) is 0 Å². The van der Waals surface area contributed by atoms with Crippen LogP contribution in [0.2, 0.25) is 5.02 Å². The minimum atomic E-state index is -0.268. The maximum absolute atomic E-state index is 10.1. The molecule has 2 atom stereocenters. The van der Waals surface area contributed by atoms with E-state index < -0.39 is 0 Å². The third kappa shape index (κ3) is 3.19. The first kappa shape index (κ1) is 15.4. The van der Waals surface area contributed by atoms with Crippen molar-refractivity contribution in [1.29, 1.82) is 0 Å². The minimum absolute atomic E-state index is 0.198. The molecule has 0 aliphatic carbocycles. The molecule has 0 radical (unpaired) electrons. The second kappa shape index (κ2) is 6.66.